The number of hydrogen-bond donors (Lipinski definition) is 1. The summed E-state index contributed by atoms with van der Waals surface area (Å²) < 4.78 is 15.3. The van der Waals surface area contributed by atoms with E-state index in [1.54, 1.807) is 12.1 Å². The second-order valence-electron chi connectivity index (χ2n) is 5.25. The highest BCUT2D eigenvalue weighted by molar-refractivity contribution is 7.99. The summed E-state index contributed by atoms with van der Waals surface area (Å²) >= 11 is 2.63. The lowest BCUT2D eigenvalue weighted by Gasteiger charge is -2.07. The first kappa shape index (κ1) is 18.5. The maximum absolute atomic E-state index is 13.5. The number of thioether (sulfide) groups is 1. The zero-order chi connectivity index (χ0) is 18.5. The number of carbonyl (C=O) groups excluding carboxylic acids is 1. The SMILES string of the molecule is CCc1nnc(NC(=O)CSc2nnc(-c3cccc(F)c3)n2CC)s1. The van der Waals surface area contributed by atoms with Crippen molar-refractivity contribution in [3.63, 3.8) is 0 Å². The molecule has 2 heterocycles. The number of nitrogens with one attached hydrogen (secondary N) is 1. The summed E-state index contributed by atoms with van der Waals surface area (Å²) in [6, 6.07) is 6.21. The van der Waals surface area contributed by atoms with E-state index >= 15 is 0 Å². The molecule has 0 radical (unpaired) electrons. The molecule has 1 amide bonds. The van der Waals surface area contributed by atoms with Crippen LogP contribution in [0, 0.1) is 5.82 Å². The van der Waals surface area contributed by atoms with Crippen molar-refractivity contribution in [3.8, 4) is 11.4 Å². The molecule has 3 aromatic rings. The Balaban J connectivity index is 1.67. The highest BCUT2D eigenvalue weighted by Crippen LogP contribution is 2.24. The first-order valence-corrected chi connectivity index (χ1v) is 9.85. The third kappa shape index (κ3) is 4.25. The number of hydrogen-bond acceptors (Lipinski definition) is 7. The lowest BCUT2D eigenvalue weighted by Crippen LogP contribution is -2.14. The molecule has 0 aliphatic heterocycles. The Kier molecular flexibility index (Phi) is 5.94. The number of anilines is 1. The zero-order valence-electron chi connectivity index (χ0n) is 14.3. The largest absolute Gasteiger partial charge is 0.302 e. The van der Waals surface area contributed by atoms with E-state index < -0.39 is 0 Å². The predicted octanol–water partition coefficient (Wildman–Crippen LogP) is 3.25. The second kappa shape index (κ2) is 8.37. The van der Waals surface area contributed by atoms with Crippen LogP contribution in [-0.4, -0.2) is 36.6 Å². The number of benzene rings is 1. The molecule has 0 bridgehead atoms. The van der Waals surface area contributed by atoms with Crippen LogP contribution in [0.5, 0.6) is 0 Å². The average molecular weight is 392 g/mol. The van der Waals surface area contributed by atoms with Gasteiger partial charge in [-0.05, 0) is 25.5 Å². The van der Waals surface area contributed by atoms with E-state index in [1.807, 2.05) is 18.4 Å². The van der Waals surface area contributed by atoms with Crippen LogP contribution in [0.15, 0.2) is 29.4 Å². The fraction of sp³-hybridized carbons (Fsp3) is 0.312. The molecule has 10 heteroatoms. The smallest absolute Gasteiger partial charge is 0.236 e. The van der Waals surface area contributed by atoms with Gasteiger partial charge >= 0.3 is 0 Å². The Hall–Kier alpha value is -2.33. The lowest BCUT2D eigenvalue weighted by atomic mass is 10.2. The normalized spacial score (nSPS) is 10.9. The summed E-state index contributed by atoms with van der Waals surface area (Å²) in [6.45, 7) is 4.54. The molecule has 2 aromatic heterocycles. The van der Waals surface area contributed by atoms with Crippen molar-refractivity contribution in [2.45, 2.75) is 32.0 Å². The topological polar surface area (TPSA) is 85.6 Å². The Morgan fingerprint density at radius 3 is 2.81 bits per heavy atom. The minimum atomic E-state index is -0.328. The van der Waals surface area contributed by atoms with Crippen LogP contribution in [0.4, 0.5) is 9.52 Å². The highest BCUT2D eigenvalue weighted by Gasteiger charge is 2.15. The number of rotatable bonds is 7. The average Bonchev–Trinajstić information content (AvgIpc) is 3.26. The monoisotopic (exact) mass is 392 g/mol. The fourth-order valence-corrected chi connectivity index (χ4v) is 3.75. The summed E-state index contributed by atoms with van der Waals surface area (Å²) in [5.41, 5.74) is 0.650. The van der Waals surface area contributed by atoms with Crippen LogP contribution in [0.2, 0.25) is 0 Å². The van der Waals surface area contributed by atoms with Crippen LogP contribution in [-0.2, 0) is 17.8 Å². The molecule has 7 nitrogen and oxygen atoms in total. The van der Waals surface area contributed by atoms with Crippen LogP contribution in [0.1, 0.15) is 18.9 Å². The molecule has 0 unspecified atom stereocenters. The standard InChI is InChI=1S/C16H17FN6OS2/c1-3-13-19-21-15(26-13)18-12(24)9-25-16-22-20-14(23(16)4-2)10-6-5-7-11(17)8-10/h5-8H,3-4,9H2,1-2H3,(H,18,21,24). The number of carbonyl (C=O) groups is 1. The summed E-state index contributed by atoms with van der Waals surface area (Å²) in [5.74, 6) is 0.228. The first-order valence-electron chi connectivity index (χ1n) is 8.04. The lowest BCUT2D eigenvalue weighted by molar-refractivity contribution is -0.113. The third-order valence-corrected chi connectivity index (χ3v) is 5.41. The molecular weight excluding hydrogens is 375 g/mol. The maximum Gasteiger partial charge on any atom is 0.236 e. The molecule has 0 fully saturated rings. The Morgan fingerprint density at radius 2 is 2.12 bits per heavy atom. The fourth-order valence-electron chi connectivity index (χ4n) is 2.25. The maximum atomic E-state index is 13.5. The van der Waals surface area contributed by atoms with Gasteiger partial charge in [-0.3, -0.25) is 10.1 Å². The minimum Gasteiger partial charge on any atom is -0.302 e. The van der Waals surface area contributed by atoms with Crippen LogP contribution in [0.25, 0.3) is 11.4 Å². The zero-order valence-corrected chi connectivity index (χ0v) is 15.9. The van der Waals surface area contributed by atoms with Gasteiger partial charge in [0.2, 0.25) is 11.0 Å². The van der Waals surface area contributed by atoms with Gasteiger partial charge in [-0.2, -0.15) is 0 Å². The quantitative estimate of drug-likeness (QED) is 0.621. The number of amides is 1. The van der Waals surface area contributed by atoms with Crippen LogP contribution >= 0.6 is 23.1 Å². The molecule has 1 N–H and O–H groups in total. The van der Waals surface area contributed by atoms with Gasteiger partial charge in [-0.1, -0.05) is 42.2 Å². The summed E-state index contributed by atoms with van der Waals surface area (Å²) in [5, 5.41) is 20.9. The van der Waals surface area contributed by atoms with E-state index in [2.05, 4.69) is 25.7 Å². The second-order valence-corrected chi connectivity index (χ2v) is 7.26. The van der Waals surface area contributed by atoms with E-state index in [9.17, 15) is 9.18 Å². The third-order valence-electron chi connectivity index (χ3n) is 3.46. The van der Waals surface area contributed by atoms with E-state index in [0.717, 1.165) is 11.4 Å². The molecule has 0 atom stereocenters. The molecule has 26 heavy (non-hydrogen) atoms. The van der Waals surface area contributed by atoms with Gasteiger partial charge in [0.1, 0.15) is 10.8 Å². The summed E-state index contributed by atoms with van der Waals surface area (Å²) in [6.07, 6.45) is 0.782. The summed E-state index contributed by atoms with van der Waals surface area (Å²) in [7, 11) is 0. The van der Waals surface area contributed by atoms with Gasteiger partial charge in [-0.15, -0.1) is 20.4 Å². The first-order chi connectivity index (χ1) is 12.6. The highest BCUT2D eigenvalue weighted by atomic mass is 32.2. The molecule has 0 saturated carbocycles. The molecule has 1 aromatic carbocycles. The minimum absolute atomic E-state index is 0.169. The van der Waals surface area contributed by atoms with Crippen molar-refractivity contribution < 1.29 is 9.18 Å². The number of halogens is 1. The Labute approximate surface area is 158 Å². The van der Waals surface area contributed by atoms with Gasteiger partial charge in [0.25, 0.3) is 0 Å². The molecule has 136 valence electrons. The Bertz CT molecular complexity index is 910. The van der Waals surface area contributed by atoms with Gasteiger partial charge in [0.05, 0.1) is 5.75 Å². The van der Waals surface area contributed by atoms with Crippen molar-refractivity contribution in [3.05, 3.63) is 35.1 Å². The van der Waals surface area contributed by atoms with Gasteiger partial charge in [-0.25, -0.2) is 4.39 Å². The Morgan fingerprint density at radius 1 is 1.27 bits per heavy atom. The molecule has 3 rings (SSSR count). The molecule has 0 saturated heterocycles. The van der Waals surface area contributed by atoms with E-state index in [4.69, 9.17) is 0 Å². The number of aromatic nitrogens is 5. The van der Waals surface area contributed by atoms with Gasteiger partial charge in [0, 0.05) is 12.1 Å². The van der Waals surface area contributed by atoms with Crippen molar-refractivity contribution in [2.24, 2.45) is 0 Å². The van der Waals surface area contributed by atoms with Gasteiger partial charge in [0.15, 0.2) is 11.0 Å². The number of nitrogens with zero attached hydrogens (tertiary/aromatic N) is 5. The molecule has 0 spiro atoms. The molecule has 0 aliphatic rings. The molecule has 0 aliphatic carbocycles. The van der Waals surface area contributed by atoms with Crippen molar-refractivity contribution in [1.29, 1.82) is 0 Å². The summed E-state index contributed by atoms with van der Waals surface area (Å²) in [4.78, 5) is 12.1. The van der Waals surface area contributed by atoms with Crippen molar-refractivity contribution >= 4 is 34.1 Å². The molecular formula is C16H17FN6OS2. The van der Waals surface area contributed by atoms with E-state index in [-0.39, 0.29) is 17.5 Å². The van der Waals surface area contributed by atoms with Crippen LogP contribution < -0.4 is 5.32 Å². The van der Waals surface area contributed by atoms with Crippen molar-refractivity contribution in [2.75, 3.05) is 11.1 Å². The van der Waals surface area contributed by atoms with Crippen LogP contribution in [0.3, 0.4) is 0 Å². The van der Waals surface area contributed by atoms with E-state index in [0.29, 0.717) is 28.2 Å². The number of aryl methyl sites for hydroxylation is 1. The van der Waals surface area contributed by atoms with E-state index in [1.165, 1.54) is 35.2 Å². The predicted molar refractivity (Wildman–Crippen MR) is 99.7 cm³/mol. The van der Waals surface area contributed by atoms with Crippen molar-refractivity contribution in [1.82, 2.24) is 25.0 Å². The van der Waals surface area contributed by atoms with Gasteiger partial charge < -0.3 is 4.57 Å².